The van der Waals surface area contributed by atoms with Crippen LogP contribution in [0, 0.1) is 0 Å². The molecule has 1 fully saturated rings. The van der Waals surface area contributed by atoms with Crippen molar-refractivity contribution in [3.05, 3.63) is 0 Å². The number of nitrogens with zero attached hydrogens (tertiary/aromatic N) is 2. The fourth-order valence-corrected chi connectivity index (χ4v) is 1.66. The van der Waals surface area contributed by atoms with E-state index in [1.807, 2.05) is 0 Å². The number of carboxylic acids is 1. The average molecular weight is 244 g/mol. The van der Waals surface area contributed by atoms with Gasteiger partial charge in [0, 0.05) is 39.6 Å². The van der Waals surface area contributed by atoms with Crippen molar-refractivity contribution < 1.29 is 19.4 Å². The second kappa shape index (κ2) is 7.24. The van der Waals surface area contributed by atoms with Crippen molar-refractivity contribution >= 4 is 11.9 Å². The summed E-state index contributed by atoms with van der Waals surface area (Å²) in [5, 5.41) is 8.52. The van der Waals surface area contributed by atoms with Gasteiger partial charge in [-0.2, -0.15) is 0 Å². The molecule has 1 heterocycles. The zero-order valence-electron chi connectivity index (χ0n) is 10.2. The van der Waals surface area contributed by atoms with Crippen LogP contribution in [0.5, 0.6) is 0 Å². The van der Waals surface area contributed by atoms with Gasteiger partial charge in [0.15, 0.2) is 0 Å². The number of carbonyl (C=O) groups is 2. The number of rotatable bonds is 6. The Morgan fingerprint density at radius 2 is 1.94 bits per heavy atom. The quantitative estimate of drug-likeness (QED) is 0.691. The molecule has 0 aliphatic carbocycles. The van der Waals surface area contributed by atoms with Gasteiger partial charge in [-0.3, -0.25) is 14.5 Å². The molecule has 0 aromatic heterocycles. The van der Waals surface area contributed by atoms with Gasteiger partial charge in [0.25, 0.3) is 0 Å². The van der Waals surface area contributed by atoms with Crippen LogP contribution in [0.25, 0.3) is 0 Å². The van der Waals surface area contributed by atoms with E-state index in [0.717, 1.165) is 32.8 Å². The minimum absolute atomic E-state index is 0.000204. The summed E-state index contributed by atoms with van der Waals surface area (Å²) in [5.41, 5.74) is 0. The maximum atomic E-state index is 11.7. The SMILES string of the molecule is CN(CCC(=O)O)C(=O)CCN1CCOCC1. The molecule has 6 heteroatoms. The third-order valence-corrected chi connectivity index (χ3v) is 2.83. The normalized spacial score (nSPS) is 16.8. The van der Waals surface area contributed by atoms with E-state index in [9.17, 15) is 9.59 Å². The van der Waals surface area contributed by atoms with Crippen molar-refractivity contribution in [1.29, 1.82) is 0 Å². The summed E-state index contributed by atoms with van der Waals surface area (Å²) in [7, 11) is 1.64. The Balaban J connectivity index is 2.16. The molecule has 0 spiro atoms. The van der Waals surface area contributed by atoms with Gasteiger partial charge in [-0.25, -0.2) is 0 Å². The van der Waals surface area contributed by atoms with E-state index in [0.29, 0.717) is 6.42 Å². The predicted molar refractivity (Wildman–Crippen MR) is 61.8 cm³/mol. The second-order valence-corrected chi connectivity index (χ2v) is 4.16. The largest absolute Gasteiger partial charge is 0.481 e. The molecular formula is C11H20N2O4. The molecule has 17 heavy (non-hydrogen) atoms. The van der Waals surface area contributed by atoms with E-state index in [1.54, 1.807) is 7.05 Å². The van der Waals surface area contributed by atoms with Crippen molar-refractivity contribution in [3.8, 4) is 0 Å². The molecule has 1 rings (SSSR count). The number of hydrogen-bond acceptors (Lipinski definition) is 4. The van der Waals surface area contributed by atoms with Crippen molar-refractivity contribution in [3.63, 3.8) is 0 Å². The van der Waals surface area contributed by atoms with Crippen LogP contribution in [0.2, 0.25) is 0 Å². The van der Waals surface area contributed by atoms with E-state index in [1.165, 1.54) is 4.90 Å². The molecule has 1 saturated heterocycles. The Morgan fingerprint density at radius 3 is 2.53 bits per heavy atom. The van der Waals surface area contributed by atoms with Gasteiger partial charge in [0.05, 0.1) is 19.6 Å². The fraction of sp³-hybridized carbons (Fsp3) is 0.818. The number of amides is 1. The van der Waals surface area contributed by atoms with Crippen molar-refractivity contribution in [2.75, 3.05) is 46.4 Å². The van der Waals surface area contributed by atoms with Crippen molar-refractivity contribution in [1.82, 2.24) is 9.80 Å². The predicted octanol–water partition coefficient (Wildman–Crippen LogP) is -0.358. The van der Waals surface area contributed by atoms with Crippen LogP contribution in [-0.2, 0) is 14.3 Å². The van der Waals surface area contributed by atoms with Gasteiger partial charge < -0.3 is 14.7 Å². The van der Waals surface area contributed by atoms with Crippen LogP contribution >= 0.6 is 0 Å². The lowest BCUT2D eigenvalue weighted by molar-refractivity contribution is -0.138. The lowest BCUT2D eigenvalue weighted by atomic mass is 10.3. The average Bonchev–Trinajstić information content (AvgIpc) is 2.34. The molecule has 1 N–H and O–H groups in total. The Labute approximate surface area is 101 Å². The van der Waals surface area contributed by atoms with Crippen LogP contribution in [0.1, 0.15) is 12.8 Å². The minimum atomic E-state index is -0.877. The summed E-state index contributed by atoms with van der Waals surface area (Å²) in [6.07, 6.45) is 0.440. The molecule has 0 radical (unpaired) electrons. The molecule has 0 atom stereocenters. The summed E-state index contributed by atoms with van der Waals surface area (Å²) in [5.74, 6) is -0.879. The number of carbonyl (C=O) groups excluding carboxylic acids is 1. The van der Waals surface area contributed by atoms with E-state index in [4.69, 9.17) is 9.84 Å². The van der Waals surface area contributed by atoms with Crippen LogP contribution in [0.4, 0.5) is 0 Å². The summed E-state index contributed by atoms with van der Waals surface area (Å²) in [6.45, 7) is 4.18. The highest BCUT2D eigenvalue weighted by Gasteiger charge is 2.14. The van der Waals surface area contributed by atoms with Crippen LogP contribution in [-0.4, -0.2) is 73.2 Å². The zero-order valence-corrected chi connectivity index (χ0v) is 10.2. The molecule has 0 bridgehead atoms. The summed E-state index contributed by atoms with van der Waals surface area (Å²) in [6, 6.07) is 0. The van der Waals surface area contributed by atoms with E-state index < -0.39 is 5.97 Å². The summed E-state index contributed by atoms with van der Waals surface area (Å²) >= 11 is 0. The Bertz CT molecular complexity index is 264. The molecule has 0 unspecified atom stereocenters. The topological polar surface area (TPSA) is 70.1 Å². The summed E-state index contributed by atoms with van der Waals surface area (Å²) in [4.78, 5) is 25.7. The zero-order chi connectivity index (χ0) is 12.7. The first-order valence-electron chi connectivity index (χ1n) is 5.85. The van der Waals surface area contributed by atoms with Crippen molar-refractivity contribution in [2.45, 2.75) is 12.8 Å². The smallest absolute Gasteiger partial charge is 0.305 e. The van der Waals surface area contributed by atoms with E-state index in [-0.39, 0.29) is 18.9 Å². The lowest BCUT2D eigenvalue weighted by Gasteiger charge is -2.27. The van der Waals surface area contributed by atoms with Crippen molar-refractivity contribution in [2.24, 2.45) is 0 Å². The van der Waals surface area contributed by atoms with Gasteiger partial charge in [0.1, 0.15) is 0 Å². The molecule has 1 aliphatic rings. The van der Waals surface area contributed by atoms with Crippen LogP contribution in [0.15, 0.2) is 0 Å². The fourth-order valence-electron chi connectivity index (χ4n) is 1.66. The summed E-state index contributed by atoms with van der Waals surface area (Å²) < 4.78 is 5.22. The molecule has 0 saturated carbocycles. The Hall–Kier alpha value is -1.14. The maximum absolute atomic E-state index is 11.7. The number of hydrogen-bond donors (Lipinski definition) is 1. The number of aliphatic carboxylic acids is 1. The lowest BCUT2D eigenvalue weighted by Crippen LogP contribution is -2.39. The highest BCUT2D eigenvalue weighted by Crippen LogP contribution is 2.00. The molecule has 1 amide bonds. The van der Waals surface area contributed by atoms with Gasteiger partial charge in [-0.15, -0.1) is 0 Å². The second-order valence-electron chi connectivity index (χ2n) is 4.16. The van der Waals surface area contributed by atoms with E-state index >= 15 is 0 Å². The standard InChI is InChI=1S/C11H20N2O4/c1-12(4-3-11(15)16)10(14)2-5-13-6-8-17-9-7-13/h2-9H2,1H3,(H,15,16). The molecule has 1 aliphatic heterocycles. The minimum Gasteiger partial charge on any atom is -0.481 e. The van der Waals surface area contributed by atoms with Gasteiger partial charge in [0.2, 0.25) is 5.91 Å². The van der Waals surface area contributed by atoms with Gasteiger partial charge in [-0.1, -0.05) is 0 Å². The highest BCUT2D eigenvalue weighted by atomic mass is 16.5. The number of carboxylic acid groups (broad SMARTS) is 1. The third kappa shape index (κ3) is 5.65. The molecule has 0 aromatic carbocycles. The van der Waals surface area contributed by atoms with Gasteiger partial charge >= 0.3 is 5.97 Å². The molecular weight excluding hydrogens is 224 g/mol. The number of ether oxygens (including phenoxy) is 1. The maximum Gasteiger partial charge on any atom is 0.305 e. The first-order chi connectivity index (χ1) is 8.09. The third-order valence-electron chi connectivity index (χ3n) is 2.83. The first-order valence-corrected chi connectivity index (χ1v) is 5.85. The van der Waals surface area contributed by atoms with Gasteiger partial charge in [-0.05, 0) is 0 Å². The molecule has 0 aromatic rings. The van der Waals surface area contributed by atoms with Crippen LogP contribution in [0.3, 0.4) is 0 Å². The van der Waals surface area contributed by atoms with Crippen LogP contribution < -0.4 is 0 Å². The highest BCUT2D eigenvalue weighted by molar-refractivity contribution is 5.76. The first kappa shape index (κ1) is 13.9. The van der Waals surface area contributed by atoms with E-state index in [2.05, 4.69) is 4.90 Å². The number of morpholine rings is 1. The molecule has 6 nitrogen and oxygen atoms in total. The monoisotopic (exact) mass is 244 g/mol. The Morgan fingerprint density at radius 1 is 1.29 bits per heavy atom. The Kier molecular flexibility index (Phi) is 5.93. The molecule has 98 valence electrons.